The molecule has 0 bridgehead atoms. The van der Waals surface area contributed by atoms with Crippen molar-refractivity contribution in [3.05, 3.63) is 35.4 Å². The van der Waals surface area contributed by atoms with Crippen LogP contribution in [0.4, 0.5) is 8.78 Å². The highest BCUT2D eigenvalue weighted by Crippen LogP contribution is 2.25. The summed E-state index contributed by atoms with van der Waals surface area (Å²) < 4.78 is 26.1. The summed E-state index contributed by atoms with van der Waals surface area (Å²) in [6.45, 7) is 4.20. The van der Waals surface area contributed by atoms with E-state index in [1.165, 1.54) is 12.1 Å². The van der Waals surface area contributed by atoms with E-state index in [-0.39, 0.29) is 5.54 Å². The highest BCUT2D eigenvalue weighted by atomic mass is 19.1. The van der Waals surface area contributed by atoms with Crippen molar-refractivity contribution < 1.29 is 8.78 Å². The molecule has 0 radical (unpaired) electrons. The lowest BCUT2D eigenvalue weighted by Gasteiger charge is -2.48. The Morgan fingerprint density at radius 1 is 1.35 bits per heavy atom. The summed E-state index contributed by atoms with van der Waals surface area (Å²) in [6.07, 6.45) is 2.06. The van der Waals surface area contributed by atoms with Crippen molar-refractivity contribution >= 4 is 0 Å². The van der Waals surface area contributed by atoms with Crippen molar-refractivity contribution in [2.45, 2.75) is 31.8 Å². The van der Waals surface area contributed by atoms with Gasteiger partial charge in [-0.3, -0.25) is 4.90 Å². The summed E-state index contributed by atoms with van der Waals surface area (Å²) in [5.74, 6) is -1.01. The first-order valence-corrected chi connectivity index (χ1v) is 5.97. The van der Waals surface area contributed by atoms with Crippen molar-refractivity contribution in [2.24, 2.45) is 5.73 Å². The summed E-state index contributed by atoms with van der Waals surface area (Å²) in [5, 5.41) is 0. The Morgan fingerprint density at radius 3 is 2.65 bits per heavy atom. The van der Waals surface area contributed by atoms with Gasteiger partial charge in [-0.25, -0.2) is 8.78 Å². The quantitative estimate of drug-likeness (QED) is 0.874. The third kappa shape index (κ3) is 2.82. The van der Waals surface area contributed by atoms with Gasteiger partial charge in [-0.2, -0.15) is 0 Å². The molecule has 1 heterocycles. The van der Waals surface area contributed by atoms with Crippen molar-refractivity contribution in [3.63, 3.8) is 0 Å². The standard InChI is InChI=1S/C13H18F2N2/c1-2-5-13(16)8-17(9-13)7-10-3-4-11(14)6-12(10)15/h3-4,6H,2,5,7-9,16H2,1H3. The van der Waals surface area contributed by atoms with E-state index < -0.39 is 11.6 Å². The average molecular weight is 240 g/mol. The fourth-order valence-corrected chi connectivity index (χ4v) is 2.50. The first-order chi connectivity index (χ1) is 8.02. The van der Waals surface area contributed by atoms with Gasteiger partial charge in [0.2, 0.25) is 0 Å². The topological polar surface area (TPSA) is 29.3 Å². The van der Waals surface area contributed by atoms with E-state index in [9.17, 15) is 8.78 Å². The Bertz CT molecular complexity index is 400. The monoisotopic (exact) mass is 240 g/mol. The second-order valence-corrected chi connectivity index (χ2v) is 4.99. The minimum atomic E-state index is -0.533. The maximum Gasteiger partial charge on any atom is 0.130 e. The normalized spacial score (nSPS) is 19.1. The molecule has 2 rings (SSSR count). The van der Waals surface area contributed by atoms with Gasteiger partial charge < -0.3 is 5.73 Å². The van der Waals surface area contributed by atoms with E-state index in [1.807, 2.05) is 0 Å². The van der Waals surface area contributed by atoms with E-state index in [4.69, 9.17) is 5.73 Å². The molecule has 0 saturated carbocycles. The molecule has 0 spiro atoms. The van der Waals surface area contributed by atoms with Gasteiger partial charge in [0.15, 0.2) is 0 Å². The van der Waals surface area contributed by atoms with Gasteiger partial charge in [-0.05, 0) is 12.5 Å². The third-order valence-electron chi connectivity index (χ3n) is 3.23. The molecule has 2 N–H and O–H groups in total. The number of hydrogen-bond acceptors (Lipinski definition) is 2. The van der Waals surface area contributed by atoms with Crippen LogP contribution in [0.25, 0.3) is 0 Å². The third-order valence-corrected chi connectivity index (χ3v) is 3.23. The molecule has 94 valence electrons. The minimum absolute atomic E-state index is 0.106. The molecule has 0 aliphatic carbocycles. The zero-order valence-electron chi connectivity index (χ0n) is 10.0. The number of nitrogens with two attached hydrogens (primary N) is 1. The molecule has 1 aromatic rings. The van der Waals surface area contributed by atoms with Crippen LogP contribution in [0, 0.1) is 11.6 Å². The smallest absolute Gasteiger partial charge is 0.130 e. The molecular formula is C13H18F2N2. The number of likely N-dealkylation sites (tertiary alicyclic amines) is 1. The Morgan fingerprint density at radius 2 is 2.06 bits per heavy atom. The summed E-state index contributed by atoms with van der Waals surface area (Å²) >= 11 is 0. The van der Waals surface area contributed by atoms with Gasteiger partial charge in [0, 0.05) is 36.8 Å². The highest BCUT2D eigenvalue weighted by molar-refractivity contribution is 5.19. The van der Waals surface area contributed by atoms with Crippen LogP contribution in [-0.2, 0) is 6.54 Å². The first kappa shape index (κ1) is 12.5. The molecule has 0 unspecified atom stereocenters. The Hall–Kier alpha value is -1.00. The molecule has 17 heavy (non-hydrogen) atoms. The van der Waals surface area contributed by atoms with E-state index in [0.717, 1.165) is 32.0 Å². The van der Waals surface area contributed by atoms with Gasteiger partial charge in [-0.1, -0.05) is 19.4 Å². The van der Waals surface area contributed by atoms with Gasteiger partial charge in [-0.15, -0.1) is 0 Å². The molecule has 0 atom stereocenters. The Balaban J connectivity index is 1.91. The summed E-state index contributed by atoms with van der Waals surface area (Å²) in [5.41, 5.74) is 6.55. The SMILES string of the molecule is CCCC1(N)CN(Cc2ccc(F)cc2F)C1. The predicted molar refractivity (Wildman–Crippen MR) is 63.5 cm³/mol. The fraction of sp³-hybridized carbons (Fsp3) is 0.538. The second-order valence-electron chi connectivity index (χ2n) is 4.99. The van der Waals surface area contributed by atoms with E-state index in [2.05, 4.69) is 11.8 Å². The average Bonchev–Trinajstić information content (AvgIpc) is 2.20. The van der Waals surface area contributed by atoms with E-state index in [1.54, 1.807) is 0 Å². The molecule has 0 aromatic heterocycles. The zero-order chi connectivity index (χ0) is 12.5. The molecule has 1 aliphatic heterocycles. The van der Waals surface area contributed by atoms with Crippen molar-refractivity contribution in [2.75, 3.05) is 13.1 Å². The summed E-state index contributed by atoms with van der Waals surface area (Å²) in [7, 11) is 0. The lowest BCUT2D eigenvalue weighted by Crippen LogP contribution is -2.66. The maximum absolute atomic E-state index is 13.4. The van der Waals surface area contributed by atoms with Crippen molar-refractivity contribution in [1.82, 2.24) is 4.90 Å². The lowest BCUT2D eigenvalue weighted by molar-refractivity contribution is 0.0557. The number of halogens is 2. The minimum Gasteiger partial charge on any atom is -0.323 e. The molecule has 2 nitrogen and oxygen atoms in total. The highest BCUT2D eigenvalue weighted by Gasteiger charge is 2.38. The number of nitrogens with zero attached hydrogens (tertiary/aromatic N) is 1. The maximum atomic E-state index is 13.4. The number of benzene rings is 1. The molecule has 0 amide bonds. The van der Waals surface area contributed by atoms with Crippen LogP contribution < -0.4 is 5.73 Å². The van der Waals surface area contributed by atoms with Crippen LogP contribution in [0.2, 0.25) is 0 Å². The molecule has 1 fully saturated rings. The van der Waals surface area contributed by atoms with Crippen LogP contribution in [-0.4, -0.2) is 23.5 Å². The van der Waals surface area contributed by atoms with E-state index >= 15 is 0 Å². The van der Waals surface area contributed by atoms with Crippen LogP contribution in [0.15, 0.2) is 18.2 Å². The van der Waals surface area contributed by atoms with Gasteiger partial charge in [0.25, 0.3) is 0 Å². The zero-order valence-corrected chi connectivity index (χ0v) is 10.0. The fourth-order valence-electron chi connectivity index (χ4n) is 2.50. The van der Waals surface area contributed by atoms with Crippen LogP contribution >= 0.6 is 0 Å². The second kappa shape index (κ2) is 4.70. The van der Waals surface area contributed by atoms with E-state index in [0.29, 0.717) is 12.1 Å². The van der Waals surface area contributed by atoms with Crippen molar-refractivity contribution in [3.8, 4) is 0 Å². The molecular weight excluding hydrogens is 222 g/mol. The van der Waals surface area contributed by atoms with Gasteiger partial charge in [0.05, 0.1) is 0 Å². The Labute approximate surface area is 100 Å². The molecule has 4 heteroatoms. The van der Waals surface area contributed by atoms with Gasteiger partial charge in [0.1, 0.15) is 11.6 Å². The summed E-state index contributed by atoms with van der Waals surface area (Å²) in [6, 6.07) is 3.72. The number of rotatable bonds is 4. The lowest BCUT2D eigenvalue weighted by atomic mass is 9.86. The molecule has 1 aromatic carbocycles. The largest absolute Gasteiger partial charge is 0.323 e. The van der Waals surface area contributed by atoms with Crippen LogP contribution in [0.3, 0.4) is 0 Å². The Kier molecular flexibility index (Phi) is 3.45. The first-order valence-electron chi connectivity index (χ1n) is 5.97. The summed E-state index contributed by atoms with van der Waals surface area (Å²) in [4.78, 5) is 2.09. The van der Waals surface area contributed by atoms with Crippen molar-refractivity contribution in [1.29, 1.82) is 0 Å². The van der Waals surface area contributed by atoms with Gasteiger partial charge >= 0.3 is 0 Å². The molecule has 1 saturated heterocycles. The van der Waals surface area contributed by atoms with Crippen LogP contribution in [0.1, 0.15) is 25.3 Å². The predicted octanol–water partition coefficient (Wildman–Crippen LogP) is 2.28. The van der Waals surface area contributed by atoms with Crippen LogP contribution in [0.5, 0.6) is 0 Å². The number of hydrogen-bond donors (Lipinski definition) is 1. The molecule has 1 aliphatic rings.